The first-order valence-electron chi connectivity index (χ1n) is 9.03. The van der Waals surface area contributed by atoms with E-state index >= 15 is 0 Å². The normalized spacial score (nSPS) is 14.8. The van der Waals surface area contributed by atoms with Crippen LogP contribution in [0.1, 0.15) is 5.56 Å². The summed E-state index contributed by atoms with van der Waals surface area (Å²) in [7, 11) is 2.14. The first-order valence-corrected chi connectivity index (χ1v) is 9.03. The third-order valence-corrected chi connectivity index (χ3v) is 4.58. The number of anilines is 2. The molecule has 1 aliphatic heterocycles. The Morgan fingerprint density at radius 1 is 1.21 bits per heavy atom. The van der Waals surface area contributed by atoms with Crippen LogP contribution in [0.3, 0.4) is 0 Å². The van der Waals surface area contributed by atoms with E-state index in [2.05, 4.69) is 27.8 Å². The number of hydrogen-bond acceptors (Lipinski definition) is 5. The molecule has 3 rings (SSSR count). The van der Waals surface area contributed by atoms with Gasteiger partial charge in [0.1, 0.15) is 0 Å². The summed E-state index contributed by atoms with van der Waals surface area (Å²) in [6.45, 7) is 3.69. The molecule has 2 amide bonds. The Hall–Kier alpha value is -3.46. The minimum atomic E-state index is -0.488. The van der Waals surface area contributed by atoms with Crippen LogP contribution in [0.15, 0.2) is 53.6 Å². The third-order valence-electron chi connectivity index (χ3n) is 4.58. The second-order valence-corrected chi connectivity index (χ2v) is 6.63. The van der Waals surface area contributed by atoms with Crippen molar-refractivity contribution >= 4 is 29.3 Å². The molecule has 0 aliphatic carbocycles. The number of likely N-dealkylation sites (N-methyl/N-ethyl adjacent to an activating group) is 1. The number of nitrogens with zero attached hydrogens (tertiary/aromatic N) is 3. The largest absolute Gasteiger partial charge is 0.360 e. The van der Waals surface area contributed by atoms with E-state index in [4.69, 9.17) is 0 Å². The van der Waals surface area contributed by atoms with Gasteiger partial charge in [-0.2, -0.15) is 5.10 Å². The van der Waals surface area contributed by atoms with Gasteiger partial charge < -0.3 is 15.1 Å². The first-order chi connectivity index (χ1) is 13.5. The van der Waals surface area contributed by atoms with Crippen LogP contribution in [0.25, 0.3) is 0 Å². The number of hydrazone groups is 1. The zero-order valence-corrected chi connectivity index (χ0v) is 15.6. The maximum absolute atomic E-state index is 11.9. The molecule has 0 saturated carbocycles. The van der Waals surface area contributed by atoms with Crippen molar-refractivity contribution in [1.82, 2.24) is 5.43 Å². The highest BCUT2D eigenvalue weighted by Gasteiger charge is 2.20. The molecule has 0 radical (unpaired) electrons. The summed E-state index contributed by atoms with van der Waals surface area (Å²) in [5.74, 6) is 0. The molecular weight excluding hydrogens is 360 g/mol. The van der Waals surface area contributed by atoms with Crippen LogP contribution in [0.2, 0.25) is 0 Å². The summed E-state index contributed by atoms with van der Waals surface area (Å²) in [6.07, 6.45) is 1.44. The second kappa shape index (κ2) is 8.96. The number of non-ortho nitro benzene ring substituents is 1. The molecule has 28 heavy (non-hydrogen) atoms. The summed E-state index contributed by atoms with van der Waals surface area (Å²) < 4.78 is 0. The van der Waals surface area contributed by atoms with Crippen LogP contribution in [-0.2, 0) is 0 Å². The Balaban J connectivity index is 1.73. The molecule has 0 unspecified atom stereocenters. The number of amides is 2. The van der Waals surface area contributed by atoms with Crippen molar-refractivity contribution in [3.05, 3.63) is 64.2 Å². The lowest BCUT2D eigenvalue weighted by Crippen LogP contribution is -3.12. The molecule has 0 spiro atoms. The third kappa shape index (κ3) is 5.04. The van der Waals surface area contributed by atoms with Crippen molar-refractivity contribution in [3.8, 4) is 0 Å². The standard InChI is InChI=1S/C19H22N6O3/c1-23-9-11-24(12-10-23)18-8-7-17(25(27)28)13-15(18)14-20-22-19(26)21-16-5-3-2-4-6-16/h2-8,13-14H,9-12H2,1H3,(H2,21,22,26)/p+1/b20-14-. The number of nitro benzene ring substituents is 1. The topological polar surface area (TPSA) is 104 Å². The highest BCUT2D eigenvalue weighted by molar-refractivity contribution is 5.92. The quantitative estimate of drug-likeness (QED) is 0.408. The molecule has 9 heteroatoms. The Kier molecular flexibility index (Phi) is 6.18. The van der Waals surface area contributed by atoms with E-state index in [-0.39, 0.29) is 5.69 Å². The zero-order valence-electron chi connectivity index (χ0n) is 15.6. The molecule has 0 atom stereocenters. The fraction of sp³-hybridized carbons (Fsp3) is 0.263. The van der Waals surface area contributed by atoms with Crippen molar-refractivity contribution in [1.29, 1.82) is 0 Å². The van der Waals surface area contributed by atoms with Gasteiger partial charge in [-0.05, 0) is 18.2 Å². The Labute approximate surface area is 162 Å². The van der Waals surface area contributed by atoms with E-state index in [1.807, 2.05) is 18.2 Å². The highest BCUT2D eigenvalue weighted by atomic mass is 16.6. The smallest absolute Gasteiger partial charge is 0.339 e. The number of piperazine rings is 1. The first kappa shape index (κ1) is 19.3. The van der Waals surface area contributed by atoms with Crippen molar-refractivity contribution in [2.45, 2.75) is 0 Å². The van der Waals surface area contributed by atoms with Gasteiger partial charge in [0, 0.05) is 29.1 Å². The molecule has 1 saturated heterocycles. The van der Waals surface area contributed by atoms with Crippen molar-refractivity contribution in [2.75, 3.05) is 43.4 Å². The maximum Gasteiger partial charge on any atom is 0.339 e. The molecule has 1 fully saturated rings. The van der Waals surface area contributed by atoms with Gasteiger partial charge in [0.2, 0.25) is 0 Å². The van der Waals surface area contributed by atoms with Gasteiger partial charge in [0.05, 0.1) is 44.4 Å². The fourth-order valence-electron chi connectivity index (χ4n) is 3.02. The van der Waals surface area contributed by atoms with Crippen LogP contribution in [0.4, 0.5) is 21.9 Å². The van der Waals surface area contributed by atoms with E-state index in [0.29, 0.717) is 11.3 Å². The predicted octanol–water partition coefficient (Wildman–Crippen LogP) is 1.09. The van der Waals surface area contributed by atoms with E-state index in [1.165, 1.54) is 23.2 Å². The number of nitrogens with one attached hydrogen (secondary N) is 3. The predicted molar refractivity (Wildman–Crippen MR) is 108 cm³/mol. The SMILES string of the molecule is C[NH+]1CCN(c2ccc([N+](=O)[O-])cc2/C=N\NC(=O)Nc2ccccc2)CC1. The monoisotopic (exact) mass is 383 g/mol. The highest BCUT2D eigenvalue weighted by Crippen LogP contribution is 2.24. The average Bonchev–Trinajstić information content (AvgIpc) is 2.69. The molecule has 1 heterocycles. The molecule has 0 bridgehead atoms. The Morgan fingerprint density at radius 3 is 2.61 bits per heavy atom. The molecule has 146 valence electrons. The Morgan fingerprint density at radius 2 is 1.93 bits per heavy atom. The van der Waals surface area contributed by atoms with E-state index in [9.17, 15) is 14.9 Å². The molecule has 2 aromatic carbocycles. The number of carbonyl (C=O) groups is 1. The minimum absolute atomic E-state index is 0.0151. The van der Waals surface area contributed by atoms with E-state index in [1.54, 1.807) is 18.2 Å². The van der Waals surface area contributed by atoms with Gasteiger partial charge >= 0.3 is 6.03 Å². The van der Waals surface area contributed by atoms with Crippen LogP contribution >= 0.6 is 0 Å². The number of quaternary nitrogens is 1. The zero-order chi connectivity index (χ0) is 19.9. The molecule has 1 aliphatic rings. The number of hydrogen-bond donors (Lipinski definition) is 3. The lowest BCUT2D eigenvalue weighted by Gasteiger charge is -2.32. The van der Waals surface area contributed by atoms with Crippen molar-refractivity contribution in [3.63, 3.8) is 0 Å². The summed E-state index contributed by atoms with van der Waals surface area (Å²) in [5, 5.41) is 17.8. The number of nitro groups is 1. The van der Waals surface area contributed by atoms with Crippen molar-refractivity contribution < 1.29 is 14.6 Å². The average molecular weight is 383 g/mol. The van der Waals surface area contributed by atoms with Crippen LogP contribution in [-0.4, -0.2) is 50.4 Å². The van der Waals surface area contributed by atoms with Gasteiger partial charge in [0.25, 0.3) is 5.69 Å². The number of urea groups is 1. The van der Waals surface area contributed by atoms with Gasteiger partial charge in [0.15, 0.2) is 0 Å². The molecular formula is C19H23N6O3+. The number of para-hydroxylation sites is 1. The fourth-order valence-corrected chi connectivity index (χ4v) is 3.02. The van der Waals surface area contributed by atoms with Gasteiger partial charge in [-0.1, -0.05) is 18.2 Å². The van der Waals surface area contributed by atoms with Crippen LogP contribution in [0.5, 0.6) is 0 Å². The number of rotatable bonds is 5. The lowest BCUT2D eigenvalue weighted by atomic mass is 10.1. The molecule has 3 N–H and O–H groups in total. The van der Waals surface area contributed by atoms with Gasteiger partial charge in [-0.3, -0.25) is 10.1 Å². The van der Waals surface area contributed by atoms with E-state index in [0.717, 1.165) is 31.9 Å². The second-order valence-electron chi connectivity index (χ2n) is 6.63. The van der Waals surface area contributed by atoms with Crippen LogP contribution < -0.4 is 20.5 Å². The molecule has 0 aromatic heterocycles. The maximum atomic E-state index is 11.9. The number of carbonyl (C=O) groups excluding carboxylic acids is 1. The minimum Gasteiger partial charge on any atom is -0.360 e. The molecule has 2 aromatic rings. The summed E-state index contributed by atoms with van der Waals surface area (Å²) in [4.78, 5) is 26.3. The van der Waals surface area contributed by atoms with Gasteiger partial charge in [-0.15, -0.1) is 0 Å². The summed E-state index contributed by atoms with van der Waals surface area (Å²) >= 11 is 0. The summed E-state index contributed by atoms with van der Waals surface area (Å²) in [5.41, 5.74) is 4.48. The number of benzene rings is 2. The van der Waals surface area contributed by atoms with Gasteiger partial charge in [-0.25, -0.2) is 10.2 Å². The summed E-state index contributed by atoms with van der Waals surface area (Å²) in [6, 6.07) is 13.2. The van der Waals surface area contributed by atoms with E-state index < -0.39 is 11.0 Å². The molecule has 9 nitrogen and oxygen atoms in total. The lowest BCUT2D eigenvalue weighted by molar-refractivity contribution is -0.880. The van der Waals surface area contributed by atoms with Crippen LogP contribution in [0, 0.1) is 10.1 Å². The van der Waals surface area contributed by atoms with Crippen molar-refractivity contribution in [2.24, 2.45) is 5.10 Å². The Bertz CT molecular complexity index is 863.